The first kappa shape index (κ1) is 21.6. The molecule has 0 amide bonds. The summed E-state index contributed by atoms with van der Waals surface area (Å²) >= 11 is 1.72. The van der Waals surface area contributed by atoms with Crippen LogP contribution in [0.2, 0.25) is 0 Å². The molecule has 1 aromatic heterocycles. The topological polar surface area (TPSA) is 49.8 Å². The summed E-state index contributed by atoms with van der Waals surface area (Å²) in [5.41, 5.74) is 0. The maximum Gasteiger partial charge on any atom is 0.193 e. The summed E-state index contributed by atoms with van der Waals surface area (Å²) in [6.07, 6.45) is 2.77. The first-order valence-corrected chi connectivity index (χ1v) is 8.61. The summed E-state index contributed by atoms with van der Waals surface area (Å²) in [5.74, 6) is 1.21. The number of aliphatic imine (C=N–C) groups is 1. The number of nitrogens with zero attached hydrogens (tertiary/aromatic N) is 3. The summed E-state index contributed by atoms with van der Waals surface area (Å²) in [7, 11) is 3.71. The molecule has 5 nitrogen and oxygen atoms in total. The summed E-state index contributed by atoms with van der Waals surface area (Å²) in [6, 6.07) is 6.02. The summed E-state index contributed by atoms with van der Waals surface area (Å²) < 4.78 is 18.4. The van der Waals surface area contributed by atoms with E-state index in [9.17, 15) is 4.39 Å². The molecule has 0 atom stereocenters. The lowest BCUT2D eigenvalue weighted by Crippen LogP contribution is -2.41. The molecule has 0 aliphatic heterocycles. The minimum Gasteiger partial charge on any atom is -0.492 e. The Kier molecular flexibility index (Phi) is 9.73. The maximum absolute atomic E-state index is 12.8. The number of rotatable bonds is 7. The van der Waals surface area contributed by atoms with Crippen LogP contribution in [0.25, 0.3) is 0 Å². The largest absolute Gasteiger partial charge is 0.492 e. The van der Waals surface area contributed by atoms with Crippen LogP contribution in [0.5, 0.6) is 5.75 Å². The third-order valence-electron chi connectivity index (χ3n) is 3.37. The van der Waals surface area contributed by atoms with Gasteiger partial charge in [0.2, 0.25) is 0 Å². The zero-order valence-corrected chi connectivity index (χ0v) is 17.8. The maximum atomic E-state index is 12.8. The van der Waals surface area contributed by atoms with Gasteiger partial charge in [0, 0.05) is 38.1 Å². The van der Waals surface area contributed by atoms with E-state index in [1.54, 1.807) is 30.5 Å². The average molecular weight is 478 g/mol. The van der Waals surface area contributed by atoms with Gasteiger partial charge in [0.25, 0.3) is 0 Å². The highest BCUT2D eigenvalue weighted by Gasteiger charge is 2.06. The molecule has 1 N–H and O–H groups in total. The van der Waals surface area contributed by atoms with Crippen molar-refractivity contribution in [3.63, 3.8) is 0 Å². The summed E-state index contributed by atoms with van der Waals surface area (Å²) in [6.45, 7) is 4.01. The van der Waals surface area contributed by atoms with Gasteiger partial charge < -0.3 is 15.0 Å². The standard InChI is InChI=1S/C17H23FN4OS.HI/c1-13-12-21-16(24-13)8-9-20-17(19-2)22(3)10-11-23-15-6-4-14(18)5-7-15;/h4-7,12H,8-11H2,1-3H3,(H,19,20);1H. The highest BCUT2D eigenvalue weighted by molar-refractivity contribution is 14.0. The fourth-order valence-electron chi connectivity index (χ4n) is 2.12. The summed E-state index contributed by atoms with van der Waals surface area (Å²) in [4.78, 5) is 11.8. The van der Waals surface area contributed by atoms with Gasteiger partial charge in [0.05, 0.1) is 11.6 Å². The van der Waals surface area contributed by atoms with E-state index in [-0.39, 0.29) is 29.8 Å². The fraction of sp³-hybridized carbons (Fsp3) is 0.412. The minimum atomic E-state index is -0.264. The van der Waals surface area contributed by atoms with Crippen LogP contribution >= 0.6 is 35.3 Å². The Balaban J connectivity index is 0.00000312. The number of thiazole rings is 1. The number of benzene rings is 1. The van der Waals surface area contributed by atoms with E-state index in [1.165, 1.54) is 17.0 Å². The van der Waals surface area contributed by atoms with Crippen molar-refractivity contribution < 1.29 is 9.13 Å². The SMILES string of the molecule is CN=C(NCCc1ncc(C)s1)N(C)CCOc1ccc(F)cc1.I. The Morgan fingerprint density at radius 3 is 2.68 bits per heavy atom. The summed E-state index contributed by atoms with van der Waals surface area (Å²) in [5, 5.41) is 4.44. The van der Waals surface area contributed by atoms with E-state index in [1.807, 2.05) is 18.1 Å². The van der Waals surface area contributed by atoms with E-state index >= 15 is 0 Å². The molecule has 0 saturated heterocycles. The Hall–Kier alpha value is -1.42. The number of aromatic nitrogens is 1. The fourth-order valence-corrected chi connectivity index (χ4v) is 2.91. The number of likely N-dealkylation sites (N-methyl/N-ethyl adjacent to an activating group) is 1. The number of ether oxygens (including phenoxy) is 1. The molecule has 2 aromatic rings. The van der Waals surface area contributed by atoms with Gasteiger partial charge >= 0.3 is 0 Å². The Morgan fingerprint density at radius 1 is 1.36 bits per heavy atom. The van der Waals surface area contributed by atoms with Crippen molar-refractivity contribution in [2.24, 2.45) is 4.99 Å². The van der Waals surface area contributed by atoms with Crippen molar-refractivity contribution in [2.75, 3.05) is 33.8 Å². The lowest BCUT2D eigenvalue weighted by atomic mass is 10.3. The zero-order chi connectivity index (χ0) is 17.4. The first-order chi connectivity index (χ1) is 11.6. The molecular weight excluding hydrogens is 454 g/mol. The Morgan fingerprint density at radius 2 is 2.08 bits per heavy atom. The van der Waals surface area contributed by atoms with Crippen molar-refractivity contribution in [3.05, 3.63) is 46.2 Å². The van der Waals surface area contributed by atoms with Crippen LogP contribution in [-0.2, 0) is 6.42 Å². The lowest BCUT2D eigenvalue weighted by Gasteiger charge is -2.22. The van der Waals surface area contributed by atoms with Crippen molar-refractivity contribution in [3.8, 4) is 5.75 Å². The number of hydrogen-bond donors (Lipinski definition) is 1. The molecule has 138 valence electrons. The molecule has 0 fully saturated rings. The second-order valence-electron chi connectivity index (χ2n) is 5.31. The number of aryl methyl sites for hydroxylation is 1. The third-order valence-corrected chi connectivity index (χ3v) is 4.35. The van der Waals surface area contributed by atoms with Crippen LogP contribution in [0.15, 0.2) is 35.5 Å². The minimum absolute atomic E-state index is 0. The van der Waals surface area contributed by atoms with Crippen molar-refractivity contribution >= 4 is 41.3 Å². The molecule has 0 aliphatic rings. The molecule has 0 unspecified atom stereocenters. The highest BCUT2D eigenvalue weighted by atomic mass is 127. The van der Waals surface area contributed by atoms with Crippen LogP contribution in [-0.4, -0.2) is 49.6 Å². The van der Waals surface area contributed by atoms with Gasteiger partial charge in [-0.2, -0.15) is 0 Å². The quantitative estimate of drug-likeness (QED) is 0.377. The van der Waals surface area contributed by atoms with Crippen molar-refractivity contribution in [1.29, 1.82) is 0 Å². The van der Waals surface area contributed by atoms with E-state index in [0.29, 0.717) is 18.9 Å². The van der Waals surface area contributed by atoms with Gasteiger partial charge in [-0.1, -0.05) is 0 Å². The first-order valence-electron chi connectivity index (χ1n) is 7.80. The molecule has 25 heavy (non-hydrogen) atoms. The second-order valence-corrected chi connectivity index (χ2v) is 6.63. The van der Waals surface area contributed by atoms with E-state index < -0.39 is 0 Å². The Labute approximate surface area is 169 Å². The van der Waals surface area contributed by atoms with Crippen LogP contribution in [0, 0.1) is 12.7 Å². The van der Waals surface area contributed by atoms with Gasteiger partial charge in [-0.15, -0.1) is 35.3 Å². The predicted molar refractivity (Wildman–Crippen MR) is 112 cm³/mol. The van der Waals surface area contributed by atoms with Gasteiger partial charge in [-0.25, -0.2) is 9.37 Å². The van der Waals surface area contributed by atoms with E-state index in [4.69, 9.17) is 4.74 Å². The van der Waals surface area contributed by atoms with Crippen molar-refractivity contribution in [1.82, 2.24) is 15.2 Å². The van der Waals surface area contributed by atoms with Crippen LogP contribution < -0.4 is 10.1 Å². The molecule has 8 heteroatoms. The number of hydrogen-bond acceptors (Lipinski definition) is 4. The predicted octanol–water partition coefficient (Wildman–Crippen LogP) is 3.34. The molecule has 0 aliphatic carbocycles. The molecular formula is C17H24FIN4OS. The van der Waals surface area contributed by atoms with Gasteiger partial charge in [0.1, 0.15) is 18.2 Å². The van der Waals surface area contributed by atoms with E-state index in [0.717, 1.165) is 23.9 Å². The van der Waals surface area contributed by atoms with Gasteiger partial charge in [-0.05, 0) is 31.2 Å². The molecule has 0 spiro atoms. The van der Waals surface area contributed by atoms with Crippen LogP contribution in [0.3, 0.4) is 0 Å². The smallest absolute Gasteiger partial charge is 0.193 e. The third kappa shape index (κ3) is 7.55. The van der Waals surface area contributed by atoms with Gasteiger partial charge in [0.15, 0.2) is 5.96 Å². The normalized spacial score (nSPS) is 11.0. The average Bonchev–Trinajstić information content (AvgIpc) is 2.98. The molecule has 2 rings (SSSR count). The highest BCUT2D eigenvalue weighted by Crippen LogP contribution is 2.11. The number of nitrogens with one attached hydrogen (secondary N) is 1. The lowest BCUT2D eigenvalue weighted by molar-refractivity contribution is 0.281. The molecule has 1 heterocycles. The molecule has 0 saturated carbocycles. The number of halogens is 2. The Bertz CT molecular complexity index is 663. The monoisotopic (exact) mass is 478 g/mol. The van der Waals surface area contributed by atoms with Crippen LogP contribution in [0.4, 0.5) is 4.39 Å². The molecule has 1 aromatic carbocycles. The number of guanidine groups is 1. The molecule has 0 bridgehead atoms. The van der Waals surface area contributed by atoms with Crippen molar-refractivity contribution in [2.45, 2.75) is 13.3 Å². The van der Waals surface area contributed by atoms with E-state index in [2.05, 4.69) is 22.2 Å². The second kappa shape index (κ2) is 11.2. The molecule has 0 radical (unpaired) electrons. The van der Waals surface area contributed by atoms with Crippen LogP contribution in [0.1, 0.15) is 9.88 Å². The zero-order valence-electron chi connectivity index (χ0n) is 14.7. The van der Waals surface area contributed by atoms with Gasteiger partial charge in [-0.3, -0.25) is 4.99 Å².